The van der Waals surface area contributed by atoms with Crippen LogP contribution >= 0.6 is 0 Å². The molecule has 0 saturated heterocycles. The predicted octanol–water partition coefficient (Wildman–Crippen LogP) is 0.755. The Morgan fingerprint density at radius 3 is 2.80 bits per heavy atom. The fraction of sp³-hybridized carbons (Fsp3) is 0.500. The molecule has 1 N–H and O–H groups in total. The Morgan fingerprint density at radius 1 is 1.60 bits per heavy atom. The summed E-state index contributed by atoms with van der Waals surface area (Å²) in [6.45, 7) is 4.03. The monoisotopic (exact) mass is 210 g/mol. The summed E-state index contributed by atoms with van der Waals surface area (Å²) >= 11 is 0. The molecule has 0 aliphatic heterocycles. The van der Waals surface area contributed by atoms with Gasteiger partial charge < -0.3 is 9.72 Å². The van der Waals surface area contributed by atoms with E-state index in [1.54, 1.807) is 0 Å². The number of esters is 1. The van der Waals surface area contributed by atoms with Crippen LogP contribution in [-0.2, 0) is 11.2 Å². The number of rotatable bonds is 3. The number of carbonyl (C=O) groups is 1. The summed E-state index contributed by atoms with van der Waals surface area (Å²) in [6, 6.07) is 1.40. The summed E-state index contributed by atoms with van der Waals surface area (Å²) in [5.41, 5.74) is 0.273. The highest BCUT2D eigenvalue weighted by Crippen LogP contribution is 2.03. The Morgan fingerprint density at radius 2 is 2.27 bits per heavy atom. The van der Waals surface area contributed by atoms with E-state index in [9.17, 15) is 9.59 Å². The lowest BCUT2D eigenvalue weighted by molar-refractivity contribution is 0.0586. The minimum atomic E-state index is -0.627. The molecule has 0 radical (unpaired) electrons. The van der Waals surface area contributed by atoms with Gasteiger partial charge in [-0.05, 0) is 12.3 Å². The Hall–Kier alpha value is -1.65. The summed E-state index contributed by atoms with van der Waals surface area (Å²) in [4.78, 5) is 28.7. The van der Waals surface area contributed by atoms with Gasteiger partial charge in [-0.15, -0.1) is 0 Å². The van der Waals surface area contributed by atoms with Crippen molar-refractivity contribution in [1.29, 1.82) is 0 Å². The lowest BCUT2D eigenvalue weighted by atomic mass is 10.1. The van der Waals surface area contributed by atoms with Gasteiger partial charge in [0.05, 0.1) is 7.11 Å². The summed E-state index contributed by atoms with van der Waals surface area (Å²) < 4.78 is 4.48. The normalized spacial score (nSPS) is 10.4. The van der Waals surface area contributed by atoms with Crippen molar-refractivity contribution in [2.24, 2.45) is 5.92 Å². The highest BCUT2D eigenvalue weighted by atomic mass is 16.5. The quantitative estimate of drug-likeness (QED) is 0.747. The van der Waals surface area contributed by atoms with E-state index in [0.29, 0.717) is 18.0 Å². The first-order chi connectivity index (χ1) is 7.02. The molecule has 1 heterocycles. The maximum atomic E-state index is 11.2. The van der Waals surface area contributed by atoms with Gasteiger partial charge in [0.15, 0.2) is 0 Å². The number of H-pyrrole nitrogens is 1. The average Bonchev–Trinajstić information content (AvgIpc) is 2.14. The third-order valence-electron chi connectivity index (χ3n) is 1.79. The molecular weight excluding hydrogens is 196 g/mol. The molecule has 0 amide bonds. The van der Waals surface area contributed by atoms with Gasteiger partial charge in [-0.1, -0.05) is 13.8 Å². The van der Waals surface area contributed by atoms with E-state index in [-0.39, 0.29) is 11.4 Å². The lowest BCUT2D eigenvalue weighted by Crippen LogP contribution is -2.18. The number of hydrogen-bond donors (Lipinski definition) is 1. The number of ether oxygens (including phenoxy) is 1. The van der Waals surface area contributed by atoms with E-state index in [0.717, 1.165) is 0 Å². The maximum absolute atomic E-state index is 11.2. The van der Waals surface area contributed by atoms with Crippen LogP contribution < -0.4 is 5.56 Å². The van der Waals surface area contributed by atoms with Crippen molar-refractivity contribution in [3.8, 4) is 0 Å². The highest BCUT2D eigenvalue weighted by Gasteiger charge is 2.10. The zero-order chi connectivity index (χ0) is 11.4. The Balaban J connectivity index is 3.05. The van der Waals surface area contributed by atoms with Crippen molar-refractivity contribution >= 4 is 5.97 Å². The summed E-state index contributed by atoms with van der Waals surface area (Å²) in [7, 11) is 1.25. The number of carbonyl (C=O) groups excluding carboxylic acids is 1. The van der Waals surface area contributed by atoms with E-state index in [4.69, 9.17) is 0 Å². The van der Waals surface area contributed by atoms with Gasteiger partial charge in [-0.3, -0.25) is 4.79 Å². The van der Waals surface area contributed by atoms with Crippen LogP contribution in [-0.4, -0.2) is 23.0 Å². The van der Waals surface area contributed by atoms with Crippen LogP contribution in [0.5, 0.6) is 0 Å². The van der Waals surface area contributed by atoms with Crippen molar-refractivity contribution in [3.05, 3.63) is 27.9 Å². The van der Waals surface area contributed by atoms with E-state index in [2.05, 4.69) is 14.7 Å². The minimum absolute atomic E-state index is 0.0411. The third-order valence-corrected chi connectivity index (χ3v) is 1.79. The summed E-state index contributed by atoms with van der Waals surface area (Å²) in [5, 5.41) is 0. The van der Waals surface area contributed by atoms with Gasteiger partial charge in [-0.25, -0.2) is 9.78 Å². The molecule has 5 nitrogen and oxygen atoms in total. The molecule has 0 saturated carbocycles. The van der Waals surface area contributed by atoms with Crippen molar-refractivity contribution in [2.45, 2.75) is 20.3 Å². The maximum Gasteiger partial charge on any atom is 0.374 e. The SMILES string of the molecule is COC(=O)c1nc(CC(C)C)cc(=O)[nH]1. The molecule has 1 aromatic heterocycles. The van der Waals surface area contributed by atoms with Crippen LogP contribution in [0.4, 0.5) is 0 Å². The number of nitrogens with one attached hydrogen (secondary N) is 1. The molecule has 15 heavy (non-hydrogen) atoms. The molecule has 0 aromatic carbocycles. The van der Waals surface area contributed by atoms with E-state index >= 15 is 0 Å². The zero-order valence-corrected chi connectivity index (χ0v) is 9.03. The summed E-state index contributed by atoms with van der Waals surface area (Å²) in [6.07, 6.45) is 0.661. The number of methoxy groups -OCH3 is 1. The van der Waals surface area contributed by atoms with E-state index < -0.39 is 5.97 Å². The van der Waals surface area contributed by atoms with Crippen molar-refractivity contribution in [3.63, 3.8) is 0 Å². The molecule has 0 bridgehead atoms. The molecule has 0 unspecified atom stereocenters. The fourth-order valence-electron chi connectivity index (χ4n) is 1.22. The fourth-order valence-corrected chi connectivity index (χ4v) is 1.22. The van der Waals surface area contributed by atoms with Gasteiger partial charge in [0, 0.05) is 11.8 Å². The predicted molar refractivity (Wildman–Crippen MR) is 54.7 cm³/mol. The van der Waals surface area contributed by atoms with E-state index in [1.165, 1.54) is 13.2 Å². The molecule has 82 valence electrons. The first kappa shape index (κ1) is 11.4. The van der Waals surface area contributed by atoms with Gasteiger partial charge in [0.1, 0.15) is 0 Å². The largest absolute Gasteiger partial charge is 0.463 e. The second-order valence-electron chi connectivity index (χ2n) is 3.67. The summed E-state index contributed by atoms with van der Waals surface area (Å²) in [5.74, 6) is -0.289. The van der Waals surface area contributed by atoms with Gasteiger partial charge in [-0.2, -0.15) is 0 Å². The molecule has 0 spiro atoms. The molecule has 0 fully saturated rings. The molecular formula is C10H14N2O3. The number of aromatic nitrogens is 2. The van der Waals surface area contributed by atoms with Crippen molar-refractivity contribution < 1.29 is 9.53 Å². The minimum Gasteiger partial charge on any atom is -0.463 e. The average molecular weight is 210 g/mol. The number of hydrogen-bond acceptors (Lipinski definition) is 4. The smallest absolute Gasteiger partial charge is 0.374 e. The Bertz CT molecular complexity index is 409. The topological polar surface area (TPSA) is 72.0 Å². The molecule has 1 aromatic rings. The molecule has 0 aliphatic rings. The first-order valence-electron chi connectivity index (χ1n) is 4.71. The molecule has 5 heteroatoms. The van der Waals surface area contributed by atoms with E-state index in [1.807, 2.05) is 13.8 Å². The Kier molecular flexibility index (Phi) is 3.60. The van der Waals surface area contributed by atoms with Crippen LogP contribution in [0.3, 0.4) is 0 Å². The second kappa shape index (κ2) is 4.72. The molecule has 0 aliphatic carbocycles. The van der Waals surface area contributed by atoms with Crippen LogP contribution in [0.15, 0.2) is 10.9 Å². The molecule has 0 atom stereocenters. The first-order valence-corrected chi connectivity index (χ1v) is 4.71. The lowest BCUT2D eigenvalue weighted by Gasteiger charge is -2.04. The van der Waals surface area contributed by atoms with Crippen LogP contribution in [0, 0.1) is 5.92 Å². The van der Waals surface area contributed by atoms with Crippen molar-refractivity contribution in [1.82, 2.24) is 9.97 Å². The van der Waals surface area contributed by atoms with Gasteiger partial charge in [0.25, 0.3) is 5.56 Å². The van der Waals surface area contributed by atoms with Crippen LogP contribution in [0.25, 0.3) is 0 Å². The second-order valence-corrected chi connectivity index (χ2v) is 3.67. The van der Waals surface area contributed by atoms with Crippen LogP contribution in [0.1, 0.15) is 30.2 Å². The van der Waals surface area contributed by atoms with Crippen LogP contribution in [0.2, 0.25) is 0 Å². The molecule has 1 rings (SSSR count). The standard InChI is InChI=1S/C10H14N2O3/c1-6(2)4-7-5-8(13)12-9(11-7)10(14)15-3/h5-6H,4H2,1-3H3,(H,11,12,13). The number of nitrogens with zero attached hydrogens (tertiary/aromatic N) is 1. The Labute approximate surface area is 87.5 Å². The number of aromatic amines is 1. The zero-order valence-electron chi connectivity index (χ0n) is 9.03. The van der Waals surface area contributed by atoms with Gasteiger partial charge in [0.2, 0.25) is 5.82 Å². The highest BCUT2D eigenvalue weighted by molar-refractivity contribution is 5.84. The van der Waals surface area contributed by atoms with Gasteiger partial charge >= 0.3 is 5.97 Å². The third kappa shape index (κ3) is 3.19. The van der Waals surface area contributed by atoms with Crippen molar-refractivity contribution in [2.75, 3.05) is 7.11 Å².